The van der Waals surface area contributed by atoms with Crippen LogP contribution in [-0.4, -0.2) is 62.4 Å². The van der Waals surface area contributed by atoms with Gasteiger partial charge in [-0.3, -0.25) is 5.43 Å². The number of urea groups is 1. The van der Waals surface area contributed by atoms with Crippen molar-refractivity contribution in [2.45, 2.75) is 39.6 Å². The molecular weight excluding hydrogens is 656 g/mol. The number of allylic oxidation sites excluding steroid dienone is 1. The van der Waals surface area contributed by atoms with Crippen LogP contribution >= 0.6 is 0 Å². The largest absolute Gasteiger partial charge is 0.490 e. The van der Waals surface area contributed by atoms with Crippen molar-refractivity contribution >= 4 is 35.0 Å². The van der Waals surface area contributed by atoms with Gasteiger partial charge < -0.3 is 39.4 Å². The zero-order valence-electron chi connectivity index (χ0n) is 28.7. The van der Waals surface area contributed by atoms with E-state index in [0.29, 0.717) is 52.8 Å². The normalized spacial score (nSPS) is 14.8. The molecule has 0 spiro atoms. The van der Waals surface area contributed by atoms with Crippen molar-refractivity contribution in [2.75, 3.05) is 26.9 Å². The molecule has 266 valence electrons. The maximum atomic E-state index is 12.5. The summed E-state index contributed by atoms with van der Waals surface area (Å²) in [6.07, 6.45) is 0.375. The highest BCUT2D eigenvalue weighted by atomic mass is 16.5. The van der Waals surface area contributed by atoms with Crippen LogP contribution in [0.1, 0.15) is 53.9 Å². The summed E-state index contributed by atoms with van der Waals surface area (Å²) in [4.78, 5) is 36.8. The molecule has 51 heavy (non-hydrogen) atoms. The van der Waals surface area contributed by atoms with Crippen molar-refractivity contribution < 1.29 is 43.2 Å². The van der Waals surface area contributed by atoms with Crippen molar-refractivity contribution in [1.82, 2.24) is 16.1 Å². The first-order valence-corrected chi connectivity index (χ1v) is 16.4. The molecule has 13 nitrogen and oxygen atoms in total. The number of rotatable bonds is 15. The van der Waals surface area contributed by atoms with Gasteiger partial charge in [0.25, 0.3) is 0 Å². The Morgan fingerprint density at radius 2 is 1.69 bits per heavy atom. The standard InChI is InChI=1S/C38H40N4O9/c1-5-48-32-19-27(35-34(37(45)47-4)23(3)40-38(46)41-35)16-18-31(32)51-22-33(43)42-39-20-29-28-10-8-7-9-25(28)15-17-30(29)50-21-24-11-13-26(14-12-24)36(44)49-6-2/h7-20,33,35,42-43H,5-6,21-22H2,1-4H3,(H2,40,41,46)/b39-20+/t33-,35+/m1/s1. The van der Waals surface area contributed by atoms with Crippen LogP contribution in [-0.2, 0) is 20.9 Å². The Bertz CT molecular complexity index is 1940. The highest BCUT2D eigenvalue weighted by Gasteiger charge is 2.32. The summed E-state index contributed by atoms with van der Waals surface area (Å²) in [7, 11) is 1.27. The first-order valence-electron chi connectivity index (χ1n) is 16.4. The first kappa shape index (κ1) is 36.2. The van der Waals surface area contributed by atoms with Crippen LogP contribution in [0, 0.1) is 0 Å². The number of benzene rings is 4. The van der Waals surface area contributed by atoms with Crippen LogP contribution in [0.3, 0.4) is 0 Å². The Hall–Kier alpha value is -6.08. The van der Waals surface area contributed by atoms with Gasteiger partial charge in [0.2, 0.25) is 0 Å². The lowest BCUT2D eigenvalue weighted by Gasteiger charge is -2.28. The van der Waals surface area contributed by atoms with E-state index in [-0.39, 0.29) is 24.8 Å². The van der Waals surface area contributed by atoms with Gasteiger partial charge in [-0.1, -0.05) is 48.5 Å². The van der Waals surface area contributed by atoms with E-state index in [1.54, 1.807) is 50.4 Å². The van der Waals surface area contributed by atoms with E-state index in [4.69, 9.17) is 23.7 Å². The predicted octanol–water partition coefficient (Wildman–Crippen LogP) is 5.12. The predicted molar refractivity (Wildman–Crippen MR) is 190 cm³/mol. The summed E-state index contributed by atoms with van der Waals surface area (Å²) in [6.45, 7) is 5.88. The summed E-state index contributed by atoms with van der Waals surface area (Å²) >= 11 is 0. The highest BCUT2D eigenvalue weighted by Crippen LogP contribution is 2.35. The van der Waals surface area contributed by atoms with Gasteiger partial charge in [0.1, 0.15) is 19.0 Å². The molecule has 0 unspecified atom stereocenters. The number of nitrogens with zero attached hydrogens (tertiary/aromatic N) is 1. The number of esters is 2. The lowest BCUT2D eigenvalue weighted by molar-refractivity contribution is -0.136. The maximum Gasteiger partial charge on any atom is 0.338 e. The lowest BCUT2D eigenvalue weighted by Crippen LogP contribution is -2.45. The average Bonchev–Trinajstić information content (AvgIpc) is 3.13. The molecule has 1 heterocycles. The van der Waals surface area contributed by atoms with Gasteiger partial charge in [-0.05, 0) is 73.0 Å². The van der Waals surface area contributed by atoms with Crippen molar-refractivity contribution in [2.24, 2.45) is 5.10 Å². The molecule has 0 saturated carbocycles. The highest BCUT2D eigenvalue weighted by molar-refractivity contribution is 6.02. The minimum atomic E-state index is -1.20. The van der Waals surface area contributed by atoms with E-state index in [9.17, 15) is 19.5 Å². The molecule has 4 N–H and O–H groups in total. The second-order valence-electron chi connectivity index (χ2n) is 11.3. The zero-order chi connectivity index (χ0) is 36.3. The number of aliphatic hydroxyl groups is 1. The van der Waals surface area contributed by atoms with E-state index in [0.717, 1.165) is 16.3 Å². The minimum Gasteiger partial charge on any atom is -0.490 e. The summed E-state index contributed by atoms with van der Waals surface area (Å²) in [5.41, 5.74) is 5.93. The molecule has 0 radical (unpaired) electrons. The van der Waals surface area contributed by atoms with E-state index in [2.05, 4.69) is 21.2 Å². The summed E-state index contributed by atoms with van der Waals surface area (Å²) in [6, 6.07) is 22.4. The van der Waals surface area contributed by atoms with Crippen LogP contribution in [0.15, 0.2) is 95.2 Å². The van der Waals surface area contributed by atoms with Crippen molar-refractivity contribution in [3.63, 3.8) is 0 Å². The number of hydrogen-bond acceptors (Lipinski definition) is 11. The molecule has 13 heteroatoms. The fraction of sp³-hybridized carbons (Fsp3) is 0.263. The third kappa shape index (κ3) is 8.94. The van der Waals surface area contributed by atoms with Crippen molar-refractivity contribution in [3.05, 3.63) is 112 Å². The van der Waals surface area contributed by atoms with E-state index < -0.39 is 24.3 Å². The number of aliphatic hydroxyl groups excluding tert-OH is 1. The van der Waals surface area contributed by atoms with Gasteiger partial charge in [-0.15, -0.1) is 0 Å². The Morgan fingerprint density at radius 1 is 0.922 bits per heavy atom. The quantitative estimate of drug-likeness (QED) is 0.0568. The van der Waals surface area contributed by atoms with Gasteiger partial charge in [-0.2, -0.15) is 5.10 Å². The Morgan fingerprint density at radius 3 is 2.43 bits per heavy atom. The molecule has 0 bridgehead atoms. The Balaban J connectivity index is 1.26. The minimum absolute atomic E-state index is 0.187. The molecule has 2 amide bonds. The number of methoxy groups -OCH3 is 1. The molecule has 5 rings (SSSR count). The molecule has 2 atom stereocenters. The Kier molecular flexibility index (Phi) is 12.1. The number of fused-ring (bicyclic) bond motifs is 1. The molecule has 4 aromatic carbocycles. The van der Waals surface area contributed by atoms with Gasteiger partial charge in [0.15, 0.2) is 17.7 Å². The summed E-state index contributed by atoms with van der Waals surface area (Å²) in [5, 5.41) is 22.2. The maximum absolute atomic E-state index is 12.5. The molecule has 0 aliphatic carbocycles. The number of amides is 2. The lowest BCUT2D eigenvalue weighted by atomic mass is 9.95. The monoisotopic (exact) mass is 696 g/mol. The number of nitrogens with one attached hydrogen (secondary N) is 3. The number of hydrogen-bond donors (Lipinski definition) is 4. The van der Waals surface area contributed by atoms with Gasteiger partial charge >= 0.3 is 18.0 Å². The Labute approximate surface area is 295 Å². The third-order valence-corrected chi connectivity index (χ3v) is 7.88. The van der Waals surface area contributed by atoms with Crippen LogP contribution in [0.2, 0.25) is 0 Å². The molecule has 0 saturated heterocycles. The average molecular weight is 697 g/mol. The molecule has 0 fully saturated rings. The van der Waals surface area contributed by atoms with E-state index in [1.165, 1.54) is 7.11 Å². The van der Waals surface area contributed by atoms with Crippen LogP contribution < -0.4 is 30.3 Å². The van der Waals surface area contributed by atoms with Crippen LogP contribution in [0.5, 0.6) is 17.2 Å². The van der Waals surface area contributed by atoms with Gasteiger partial charge in [0.05, 0.1) is 43.7 Å². The molecular formula is C38H40N4O9. The van der Waals surface area contributed by atoms with E-state index >= 15 is 0 Å². The summed E-state index contributed by atoms with van der Waals surface area (Å²) < 4.78 is 27.9. The molecule has 1 aliphatic rings. The summed E-state index contributed by atoms with van der Waals surface area (Å²) in [5.74, 6) is 0.311. The van der Waals surface area contributed by atoms with Gasteiger partial charge in [-0.25, -0.2) is 14.4 Å². The smallest absolute Gasteiger partial charge is 0.338 e. The van der Waals surface area contributed by atoms with Crippen molar-refractivity contribution in [1.29, 1.82) is 0 Å². The van der Waals surface area contributed by atoms with Crippen molar-refractivity contribution in [3.8, 4) is 17.2 Å². The molecule has 4 aromatic rings. The van der Waals surface area contributed by atoms with Crippen LogP contribution in [0.4, 0.5) is 4.79 Å². The first-order chi connectivity index (χ1) is 24.7. The SMILES string of the molecule is CCOC(=O)c1ccc(COc2ccc3ccccc3c2/C=N/N[C@H](O)COc2ccc([C@@H]3NC(=O)NC(C)=C3C(=O)OC)cc2OCC)cc1. The number of hydrazone groups is 1. The fourth-order valence-corrected chi connectivity index (χ4v) is 5.46. The van der Waals surface area contributed by atoms with Gasteiger partial charge in [0, 0.05) is 11.3 Å². The second-order valence-corrected chi connectivity index (χ2v) is 11.3. The molecule has 0 aromatic heterocycles. The molecule has 1 aliphatic heterocycles. The zero-order valence-corrected chi connectivity index (χ0v) is 28.7. The fourth-order valence-electron chi connectivity index (χ4n) is 5.46. The number of carbonyl (C=O) groups excluding carboxylic acids is 3. The third-order valence-electron chi connectivity index (χ3n) is 7.88. The second kappa shape index (κ2) is 17.0. The van der Waals surface area contributed by atoms with Crippen LogP contribution in [0.25, 0.3) is 10.8 Å². The number of carbonyl (C=O) groups is 3. The number of ether oxygens (including phenoxy) is 5. The van der Waals surface area contributed by atoms with E-state index in [1.807, 2.05) is 55.5 Å². The topological polar surface area (TPSA) is 166 Å².